The Labute approximate surface area is 138 Å². The number of rotatable bonds is 3. The molecule has 0 fully saturated rings. The largest absolute Gasteiger partial charge is 0.276 e. The van der Waals surface area contributed by atoms with Crippen LogP contribution in [0.25, 0.3) is 0 Å². The summed E-state index contributed by atoms with van der Waals surface area (Å²) in [6, 6.07) is 7.33. The summed E-state index contributed by atoms with van der Waals surface area (Å²) in [5, 5.41) is 9.57. The number of nitrogens with one attached hydrogen (secondary N) is 1. The van der Waals surface area contributed by atoms with Crippen LogP contribution in [0, 0.1) is 11.3 Å². The van der Waals surface area contributed by atoms with Crippen LogP contribution in [0.2, 0.25) is 0 Å². The minimum Gasteiger partial charge on any atom is -0.267 e. The topological polar surface area (TPSA) is 99.9 Å². The van der Waals surface area contributed by atoms with Crippen molar-refractivity contribution in [3.8, 4) is 6.07 Å². The van der Waals surface area contributed by atoms with Gasteiger partial charge in [-0.15, -0.1) is 11.3 Å². The molecule has 2 rings (SSSR count). The molecule has 0 aliphatic heterocycles. The Hall–Kier alpha value is -2.24. The van der Waals surface area contributed by atoms with E-state index in [0.29, 0.717) is 0 Å². The number of nitriles is 1. The third-order valence-electron chi connectivity index (χ3n) is 2.87. The first-order valence-corrected chi connectivity index (χ1v) is 8.97. The van der Waals surface area contributed by atoms with Crippen LogP contribution < -0.4 is 4.72 Å². The van der Waals surface area contributed by atoms with Gasteiger partial charge in [0.05, 0.1) is 27.7 Å². The fourth-order valence-corrected chi connectivity index (χ4v) is 3.64. The molecule has 120 valence electrons. The molecule has 0 unspecified atom stereocenters. The lowest BCUT2D eigenvalue weighted by molar-refractivity contribution is 0.0985. The van der Waals surface area contributed by atoms with Crippen molar-refractivity contribution in [1.82, 2.24) is 9.71 Å². The van der Waals surface area contributed by atoms with Crippen LogP contribution in [0.1, 0.15) is 41.0 Å². The number of sulfonamides is 1. The lowest BCUT2D eigenvalue weighted by Gasteiger charge is -2.13. The molecule has 1 heterocycles. The van der Waals surface area contributed by atoms with Crippen LogP contribution in [0.15, 0.2) is 35.4 Å². The van der Waals surface area contributed by atoms with Crippen molar-refractivity contribution in [2.75, 3.05) is 0 Å². The highest BCUT2D eigenvalue weighted by Gasteiger charge is 2.23. The van der Waals surface area contributed by atoms with Crippen LogP contribution in [0.4, 0.5) is 0 Å². The summed E-state index contributed by atoms with van der Waals surface area (Å²) in [7, 11) is -4.04. The number of amides is 1. The molecular formula is C15H15N3O3S2. The standard InChI is InChI=1S/C15H15N3O3S2/c1-15(2,3)14-17-9-12(22-14)13(19)18-23(20,21)11-6-4-5-10(7-11)8-16/h4-7,9H,1-3H3,(H,18,19). The second-order valence-corrected chi connectivity index (χ2v) is 8.57. The van der Waals surface area contributed by atoms with Crippen LogP contribution in [-0.4, -0.2) is 19.3 Å². The number of hydrogen-bond acceptors (Lipinski definition) is 6. The average Bonchev–Trinajstić information content (AvgIpc) is 2.97. The zero-order chi connectivity index (χ0) is 17.3. The first-order chi connectivity index (χ1) is 10.6. The van der Waals surface area contributed by atoms with Gasteiger partial charge in [-0.1, -0.05) is 26.8 Å². The van der Waals surface area contributed by atoms with Crippen LogP contribution in [0.5, 0.6) is 0 Å². The van der Waals surface area contributed by atoms with E-state index >= 15 is 0 Å². The molecule has 23 heavy (non-hydrogen) atoms. The van der Waals surface area contributed by atoms with Gasteiger partial charge >= 0.3 is 0 Å². The lowest BCUT2D eigenvalue weighted by atomic mass is 9.98. The summed E-state index contributed by atoms with van der Waals surface area (Å²) >= 11 is 1.15. The fourth-order valence-electron chi connectivity index (χ4n) is 1.69. The Bertz CT molecular complexity index is 887. The van der Waals surface area contributed by atoms with Crippen LogP contribution in [0.3, 0.4) is 0 Å². The van der Waals surface area contributed by atoms with Gasteiger partial charge in [0, 0.05) is 5.41 Å². The van der Waals surface area contributed by atoms with Gasteiger partial charge in [0.1, 0.15) is 4.88 Å². The van der Waals surface area contributed by atoms with E-state index in [0.717, 1.165) is 16.3 Å². The van der Waals surface area contributed by atoms with Crippen molar-refractivity contribution in [2.24, 2.45) is 0 Å². The minimum absolute atomic E-state index is 0.134. The average molecular weight is 349 g/mol. The summed E-state index contributed by atoms with van der Waals surface area (Å²) in [4.78, 5) is 16.4. The third kappa shape index (κ3) is 3.94. The number of benzene rings is 1. The maximum Gasteiger partial charge on any atom is 0.276 e. The molecule has 0 saturated carbocycles. The lowest BCUT2D eigenvalue weighted by Crippen LogP contribution is -2.30. The van der Waals surface area contributed by atoms with Gasteiger partial charge in [0.25, 0.3) is 15.9 Å². The number of thiazole rings is 1. The molecule has 8 heteroatoms. The summed E-state index contributed by atoms with van der Waals surface area (Å²) in [5.41, 5.74) is -0.0171. The number of aromatic nitrogens is 1. The van der Waals surface area contributed by atoms with E-state index in [9.17, 15) is 13.2 Å². The van der Waals surface area contributed by atoms with E-state index in [4.69, 9.17) is 5.26 Å². The predicted octanol–water partition coefficient (Wildman–Crippen LogP) is 2.43. The van der Waals surface area contributed by atoms with E-state index in [1.807, 2.05) is 31.6 Å². The normalized spacial score (nSPS) is 11.7. The van der Waals surface area contributed by atoms with Crippen molar-refractivity contribution < 1.29 is 13.2 Å². The van der Waals surface area contributed by atoms with Crippen LogP contribution in [-0.2, 0) is 15.4 Å². The zero-order valence-corrected chi connectivity index (χ0v) is 14.5. The maximum atomic E-state index is 12.2. The molecule has 0 spiro atoms. The molecule has 0 aliphatic rings. The molecule has 0 bridgehead atoms. The summed E-state index contributed by atoms with van der Waals surface area (Å²) < 4.78 is 26.5. The molecule has 1 aromatic heterocycles. The summed E-state index contributed by atoms with van der Waals surface area (Å²) in [6.45, 7) is 5.87. The van der Waals surface area contributed by atoms with E-state index in [2.05, 4.69) is 4.98 Å². The number of carbonyl (C=O) groups excluding carboxylic acids is 1. The van der Waals surface area contributed by atoms with Crippen molar-refractivity contribution >= 4 is 27.3 Å². The molecule has 0 atom stereocenters. The summed E-state index contributed by atoms with van der Waals surface area (Å²) in [6.07, 6.45) is 1.36. The monoisotopic (exact) mass is 349 g/mol. The van der Waals surface area contributed by atoms with Gasteiger partial charge in [-0.25, -0.2) is 18.1 Å². The highest BCUT2D eigenvalue weighted by Crippen LogP contribution is 2.26. The maximum absolute atomic E-state index is 12.2. The van der Waals surface area contributed by atoms with Gasteiger partial charge in [-0.2, -0.15) is 5.26 Å². The van der Waals surface area contributed by atoms with Gasteiger partial charge in [-0.3, -0.25) is 4.79 Å². The number of hydrogen-bond donors (Lipinski definition) is 1. The van der Waals surface area contributed by atoms with E-state index in [1.165, 1.54) is 30.5 Å². The molecule has 1 amide bonds. The smallest absolute Gasteiger partial charge is 0.267 e. The minimum atomic E-state index is -4.04. The Morgan fingerprint density at radius 1 is 1.35 bits per heavy atom. The quantitative estimate of drug-likeness (QED) is 0.917. The number of carbonyl (C=O) groups is 1. The van der Waals surface area contributed by atoms with Crippen molar-refractivity contribution in [3.63, 3.8) is 0 Å². The molecule has 0 radical (unpaired) electrons. The molecule has 1 N–H and O–H groups in total. The highest BCUT2D eigenvalue weighted by atomic mass is 32.2. The van der Waals surface area contributed by atoms with Gasteiger partial charge < -0.3 is 0 Å². The number of nitrogens with zero attached hydrogens (tertiary/aromatic N) is 2. The Kier molecular flexibility index (Phi) is 4.54. The summed E-state index contributed by atoms with van der Waals surface area (Å²) in [5.74, 6) is -0.736. The van der Waals surface area contributed by atoms with E-state index < -0.39 is 15.9 Å². The van der Waals surface area contributed by atoms with Crippen molar-refractivity contribution in [3.05, 3.63) is 45.9 Å². The predicted molar refractivity (Wildman–Crippen MR) is 86.6 cm³/mol. The highest BCUT2D eigenvalue weighted by molar-refractivity contribution is 7.90. The Morgan fingerprint density at radius 3 is 2.61 bits per heavy atom. The fraction of sp³-hybridized carbons (Fsp3) is 0.267. The SMILES string of the molecule is CC(C)(C)c1ncc(C(=O)NS(=O)(=O)c2cccc(C#N)c2)s1. The van der Waals surface area contributed by atoms with Crippen molar-refractivity contribution in [2.45, 2.75) is 31.1 Å². The molecule has 0 saturated heterocycles. The Balaban J connectivity index is 2.25. The first-order valence-electron chi connectivity index (χ1n) is 6.67. The third-order valence-corrected chi connectivity index (χ3v) is 5.62. The molecule has 1 aromatic carbocycles. The molecule has 0 aliphatic carbocycles. The van der Waals surface area contributed by atoms with Gasteiger partial charge in [-0.05, 0) is 18.2 Å². The van der Waals surface area contributed by atoms with Crippen LogP contribution >= 0.6 is 11.3 Å². The zero-order valence-electron chi connectivity index (χ0n) is 12.8. The molecule has 6 nitrogen and oxygen atoms in total. The van der Waals surface area contributed by atoms with E-state index in [1.54, 1.807) is 0 Å². The van der Waals surface area contributed by atoms with Gasteiger partial charge in [0.2, 0.25) is 0 Å². The van der Waals surface area contributed by atoms with E-state index in [-0.39, 0.29) is 20.8 Å². The second-order valence-electron chi connectivity index (χ2n) is 5.85. The van der Waals surface area contributed by atoms with Crippen molar-refractivity contribution in [1.29, 1.82) is 5.26 Å². The Morgan fingerprint density at radius 2 is 2.04 bits per heavy atom. The second kappa shape index (κ2) is 6.10. The molecule has 2 aromatic rings. The first kappa shape index (κ1) is 17.1. The molecular weight excluding hydrogens is 334 g/mol. The van der Waals surface area contributed by atoms with Gasteiger partial charge in [0.15, 0.2) is 0 Å².